The summed E-state index contributed by atoms with van der Waals surface area (Å²) >= 11 is 0. The molecule has 2 amide bonds. The molecule has 3 unspecified atom stereocenters. The lowest BCUT2D eigenvalue weighted by molar-refractivity contribution is -0.122. The van der Waals surface area contributed by atoms with Crippen molar-refractivity contribution in [3.05, 3.63) is 54.1 Å². The van der Waals surface area contributed by atoms with Gasteiger partial charge in [0.25, 0.3) is 0 Å². The lowest BCUT2D eigenvalue weighted by atomic mass is 9.85. The molecule has 1 aliphatic heterocycles. The van der Waals surface area contributed by atoms with Gasteiger partial charge in [-0.1, -0.05) is 33.4 Å². The van der Waals surface area contributed by atoms with Crippen molar-refractivity contribution >= 4 is 17.5 Å². The number of aromatic hydroxyl groups is 2. The number of phenolic OH excluding ortho intramolecular Hbond substituents is 2. The fourth-order valence-electron chi connectivity index (χ4n) is 3.34. The molecule has 0 bridgehead atoms. The Labute approximate surface area is 153 Å². The maximum Gasteiger partial charge on any atom is 0.237 e. The molecule has 1 heterocycles. The molecule has 0 saturated carbocycles. The van der Waals surface area contributed by atoms with E-state index >= 15 is 0 Å². The van der Waals surface area contributed by atoms with E-state index in [0.29, 0.717) is 12.1 Å². The molecule has 1 aliphatic rings. The molecular weight excluding hydrogens is 330 g/mol. The van der Waals surface area contributed by atoms with Crippen LogP contribution in [0.5, 0.6) is 11.5 Å². The summed E-state index contributed by atoms with van der Waals surface area (Å²) in [4.78, 5) is 26.6. The van der Waals surface area contributed by atoms with Crippen LogP contribution in [0.1, 0.15) is 39.2 Å². The summed E-state index contributed by atoms with van der Waals surface area (Å²) < 4.78 is 0. The Morgan fingerprint density at radius 3 is 1.96 bits per heavy atom. The van der Waals surface area contributed by atoms with Crippen LogP contribution in [0.4, 0.5) is 5.69 Å². The standard InChI is InChI=1S/C20H21NO4.CH4/c1-12(14-3-7-16(22)8-4-14)11-18-13(2)19(24)21(20(18)25)15-5-9-17(23)10-6-15;/h3-10,12-13,18,22-23H,11H2,1-2H3;1H4. The minimum Gasteiger partial charge on any atom is -0.508 e. The van der Waals surface area contributed by atoms with Crippen LogP contribution in [0, 0.1) is 11.8 Å². The Morgan fingerprint density at radius 1 is 0.923 bits per heavy atom. The third-order valence-electron chi connectivity index (χ3n) is 4.93. The molecule has 5 heteroatoms. The van der Waals surface area contributed by atoms with Crippen molar-refractivity contribution in [2.45, 2.75) is 33.6 Å². The molecular formula is C21H25NO4. The Hall–Kier alpha value is -2.82. The van der Waals surface area contributed by atoms with Gasteiger partial charge in [0.15, 0.2) is 0 Å². The molecule has 3 atom stereocenters. The van der Waals surface area contributed by atoms with Crippen LogP contribution in [-0.4, -0.2) is 22.0 Å². The largest absolute Gasteiger partial charge is 0.508 e. The average molecular weight is 355 g/mol. The number of nitrogens with zero attached hydrogens (tertiary/aromatic N) is 1. The first-order valence-corrected chi connectivity index (χ1v) is 8.34. The van der Waals surface area contributed by atoms with Gasteiger partial charge in [0.05, 0.1) is 11.6 Å². The predicted molar refractivity (Wildman–Crippen MR) is 101 cm³/mol. The predicted octanol–water partition coefficient (Wildman–Crippen LogP) is 4.05. The Balaban J connectivity index is 0.00000243. The molecule has 2 N–H and O–H groups in total. The number of carbonyl (C=O) groups is 2. The fourth-order valence-corrected chi connectivity index (χ4v) is 3.34. The third-order valence-corrected chi connectivity index (χ3v) is 4.93. The number of phenols is 2. The monoisotopic (exact) mass is 355 g/mol. The van der Waals surface area contributed by atoms with Gasteiger partial charge in [-0.05, 0) is 54.3 Å². The molecule has 0 radical (unpaired) electrons. The van der Waals surface area contributed by atoms with Gasteiger partial charge in [-0.3, -0.25) is 14.5 Å². The Morgan fingerprint density at radius 2 is 1.42 bits per heavy atom. The van der Waals surface area contributed by atoms with Gasteiger partial charge in [-0.2, -0.15) is 0 Å². The van der Waals surface area contributed by atoms with Crippen molar-refractivity contribution in [3.8, 4) is 11.5 Å². The van der Waals surface area contributed by atoms with Gasteiger partial charge < -0.3 is 10.2 Å². The highest BCUT2D eigenvalue weighted by Crippen LogP contribution is 2.37. The maximum absolute atomic E-state index is 12.8. The summed E-state index contributed by atoms with van der Waals surface area (Å²) in [6, 6.07) is 13.0. The number of carbonyl (C=O) groups excluding carboxylic acids is 2. The van der Waals surface area contributed by atoms with Crippen molar-refractivity contribution in [2.24, 2.45) is 11.8 Å². The van der Waals surface area contributed by atoms with E-state index < -0.39 is 0 Å². The molecule has 2 aromatic carbocycles. The van der Waals surface area contributed by atoms with Crippen molar-refractivity contribution in [1.29, 1.82) is 0 Å². The molecule has 0 spiro atoms. The lowest BCUT2D eigenvalue weighted by Gasteiger charge is -2.18. The van der Waals surface area contributed by atoms with Crippen LogP contribution in [0.15, 0.2) is 48.5 Å². The Kier molecular flexibility index (Phi) is 5.70. The van der Waals surface area contributed by atoms with Crippen LogP contribution < -0.4 is 4.90 Å². The summed E-state index contributed by atoms with van der Waals surface area (Å²) in [7, 11) is 0. The molecule has 2 aromatic rings. The zero-order valence-corrected chi connectivity index (χ0v) is 14.2. The number of rotatable bonds is 4. The highest BCUT2D eigenvalue weighted by molar-refractivity contribution is 6.21. The van der Waals surface area contributed by atoms with E-state index in [9.17, 15) is 19.8 Å². The number of hydrogen-bond donors (Lipinski definition) is 2. The molecule has 0 aliphatic carbocycles. The van der Waals surface area contributed by atoms with Crippen molar-refractivity contribution in [2.75, 3.05) is 4.90 Å². The van der Waals surface area contributed by atoms with E-state index in [-0.39, 0.29) is 48.5 Å². The Bertz CT molecular complexity index is 783. The number of imide groups is 1. The van der Waals surface area contributed by atoms with Gasteiger partial charge in [-0.15, -0.1) is 0 Å². The van der Waals surface area contributed by atoms with E-state index in [1.807, 2.05) is 19.1 Å². The zero-order chi connectivity index (χ0) is 18.1. The van der Waals surface area contributed by atoms with Gasteiger partial charge >= 0.3 is 0 Å². The summed E-state index contributed by atoms with van der Waals surface area (Å²) in [5.74, 6) is -0.800. The molecule has 3 rings (SSSR count). The molecule has 0 aromatic heterocycles. The van der Waals surface area contributed by atoms with Crippen molar-refractivity contribution in [1.82, 2.24) is 0 Å². The highest BCUT2D eigenvalue weighted by atomic mass is 16.3. The van der Waals surface area contributed by atoms with Crippen LogP contribution in [-0.2, 0) is 9.59 Å². The van der Waals surface area contributed by atoms with Gasteiger partial charge in [-0.25, -0.2) is 0 Å². The van der Waals surface area contributed by atoms with Crippen LogP contribution in [0.25, 0.3) is 0 Å². The summed E-state index contributed by atoms with van der Waals surface area (Å²) in [6.45, 7) is 3.80. The second-order valence-corrected chi connectivity index (χ2v) is 6.65. The topological polar surface area (TPSA) is 77.8 Å². The molecule has 1 saturated heterocycles. The minimum atomic E-state index is -0.388. The number of benzene rings is 2. The highest BCUT2D eigenvalue weighted by Gasteiger charge is 2.46. The number of hydrogen-bond acceptors (Lipinski definition) is 4. The summed E-state index contributed by atoms with van der Waals surface area (Å²) in [6.07, 6.45) is 0.561. The van der Waals surface area contributed by atoms with E-state index in [1.54, 1.807) is 31.2 Å². The van der Waals surface area contributed by atoms with Gasteiger partial charge in [0.2, 0.25) is 11.8 Å². The smallest absolute Gasteiger partial charge is 0.237 e. The summed E-state index contributed by atoms with van der Waals surface area (Å²) in [5, 5.41) is 18.8. The fraction of sp³-hybridized carbons (Fsp3) is 0.333. The van der Waals surface area contributed by atoms with Gasteiger partial charge in [0.1, 0.15) is 11.5 Å². The first-order chi connectivity index (χ1) is 11.9. The minimum absolute atomic E-state index is 0. The molecule has 1 fully saturated rings. The second kappa shape index (κ2) is 7.60. The first kappa shape index (κ1) is 19.5. The van der Waals surface area contributed by atoms with Crippen molar-refractivity contribution < 1.29 is 19.8 Å². The maximum atomic E-state index is 12.8. The van der Waals surface area contributed by atoms with E-state index in [0.717, 1.165) is 5.56 Å². The number of anilines is 1. The molecule has 5 nitrogen and oxygen atoms in total. The van der Waals surface area contributed by atoms with E-state index in [4.69, 9.17) is 0 Å². The summed E-state index contributed by atoms with van der Waals surface area (Å²) in [5.41, 5.74) is 1.51. The van der Waals surface area contributed by atoms with E-state index in [1.165, 1.54) is 17.0 Å². The molecule has 26 heavy (non-hydrogen) atoms. The van der Waals surface area contributed by atoms with Crippen LogP contribution in [0.2, 0.25) is 0 Å². The second-order valence-electron chi connectivity index (χ2n) is 6.65. The SMILES string of the molecule is C.CC(CC1C(=O)N(c2ccc(O)cc2)C(=O)C1C)c1ccc(O)cc1. The first-order valence-electron chi connectivity index (χ1n) is 8.34. The quantitative estimate of drug-likeness (QED) is 0.811. The third kappa shape index (κ3) is 3.57. The van der Waals surface area contributed by atoms with Crippen molar-refractivity contribution in [3.63, 3.8) is 0 Å². The van der Waals surface area contributed by atoms with Crippen LogP contribution in [0.3, 0.4) is 0 Å². The number of amides is 2. The zero-order valence-electron chi connectivity index (χ0n) is 14.2. The van der Waals surface area contributed by atoms with E-state index in [2.05, 4.69) is 0 Å². The average Bonchev–Trinajstić information content (AvgIpc) is 2.80. The van der Waals surface area contributed by atoms with Crippen LogP contribution >= 0.6 is 0 Å². The van der Waals surface area contributed by atoms with Gasteiger partial charge in [0, 0.05) is 5.92 Å². The molecule has 138 valence electrons. The lowest BCUT2D eigenvalue weighted by Crippen LogP contribution is -2.30. The normalized spacial score (nSPS) is 20.8.